The van der Waals surface area contributed by atoms with Crippen LogP contribution in [-0.4, -0.2) is 48.5 Å². The zero-order chi connectivity index (χ0) is 17.5. The van der Waals surface area contributed by atoms with Crippen LogP contribution in [0.15, 0.2) is 54.6 Å². The number of likely N-dealkylation sites (N-methyl/N-ethyl adjacent to an activating group) is 1. The first-order valence-electron chi connectivity index (χ1n) is 9.01. The number of piperazine rings is 1. The van der Waals surface area contributed by atoms with Crippen LogP contribution in [0.5, 0.6) is 5.75 Å². The van der Waals surface area contributed by atoms with Crippen LogP contribution in [0.3, 0.4) is 0 Å². The lowest BCUT2D eigenvalue weighted by Gasteiger charge is -2.34. The second-order valence-electron chi connectivity index (χ2n) is 6.49. The molecule has 1 saturated heterocycles. The fraction of sp³-hybridized carbons (Fsp3) is 0.381. The number of esters is 1. The second kappa shape index (κ2) is 8.79. The van der Waals surface area contributed by atoms with E-state index in [4.69, 9.17) is 4.74 Å². The Morgan fingerprint density at radius 3 is 2.12 bits per heavy atom. The Balaban J connectivity index is 1.48. The maximum atomic E-state index is 12.0. The Bertz CT molecular complexity index is 662. The van der Waals surface area contributed by atoms with E-state index in [1.54, 1.807) is 12.1 Å². The summed E-state index contributed by atoms with van der Waals surface area (Å²) in [5, 5.41) is 0. The largest absolute Gasteiger partial charge is 0.426 e. The third-order valence-electron chi connectivity index (χ3n) is 4.66. The van der Waals surface area contributed by atoms with Gasteiger partial charge in [0.25, 0.3) is 0 Å². The maximum Gasteiger partial charge on any atom is 0.315 e. The van der Waals surface area contributed by atoms with Crippen LogP contribution in [0, 0.1) is 0 Å². The molecular formula is C21H26N2O2. The lowest BCUT2D eigenvalue weighted by atomic mass is 10.1. The molecule has 4 nitrogen and oxygen atoms in total. The predicted molar refractivity (Wildman–Crippen MR) is 99.6 cm³/mol. The van der Waals surface area contributed by atoms with Gasteiger partial charge in [0.15, 0.2) is 0 Å². The first-order chi connectivity index (χ1) is 12.2. The number of carbonyl (C=O) groups excluding carboxylic acids is 1. The molecule has 0 aromatic heterocycles. The first kappa shape index (κ1) is 17.6. The number of ether oxygens (including phenoxy) is 1. The topological polar surface area (TPSA) is 32.8 Å². The molecule has 2 aromatic rings. The SMILES string of the molecule is CCN1CCN(Cc2ccc(CC(=O)Oc3ccccc3)cc2)CC1. The third kappa shape index (κ3) is 5.41. The van der Waals surface area contributed by atoms with E-state index in [1.807, 2.05) is 30.3 Å². The number of hydrogen-bond acceptors (Lipinski definition) is 4. The Labute approximate surface area is 150 Å². The van der Waals surface area contributed by atoms with Crippen molar-refractivity contribution >= 4 is 5.97 Å². The first-order valence-corrected chi connectivity index (χ1v) is 9.01. The molecule has 0 N–H and O–H groups in total. The highest BCUT2D eigenvalue weighted by Crippen LogP contribution is 2.13. The molecule has 0 saturated carbocycles. The maximum absolute atomic E-state index is 12.0. The van der Waals surface area contributed by atoms with Crippen LogP contribution >= 0.6 is 0 Å². The minimum Gasteiger partial charge on any atom is -0.426 e. The van der Waals surface area contributed by atoms with Crippen LogP contribution < -0.4 is 4.74 Å². The lowest BCUT2D eigenvalue weighted by Crippen LogP contribution is -2.45. The van der Waals surface area contributed by atoms with Gasteiger partial charge in [-0.05, 0) is 29.8 Å². The molecule has 1 aliphatic heterocycles. The molecule has 1 aliphatic rings. The molecule has 2 aromatic carbocycles. The van der Waals surface area contributed by atoms with E-state index in [0.717, 1.165) is 44.8 Å². The van der Waals surface area contributed by atoms with Crippen LogP contribution in [-0.2, 0) is 17.8 Å². The van der Waals surface area contributed by atoms with Crippen LogP contribution in [0.25, 0.3) is 0 Å². The molecule has 0 radical (unpaired) electrons. The highest BCUT2D eigenvalue weighted by Gasteiger charge is 2.15. The molecule has 1 heterocycles. The Hall–Kier alpha value is -2.17. The number of benzene rings is 2. The van der Waals surface area contributed by atoms with Crippen LogP contribution in [0.2, 0.25) is 0 Å². The number of para-hydroxylation sites is 1. The quantitative estimate of drug-likeness (QED) is 0.599. The third-order valence-corrected chi connectivity index (χ3v) is 4.66. The summed E-state index contributed by atoms with van der Waals surface area (Å²) in [4.78, 5) is 17.0. The number of carbonyl (C=O) groups is 1. The monoisotopic (exact) mass is 338 g/mol. The summed E-state index contributed by atoms with van der Waals surface area (Å²) in [6.07, 6.45) is 0.296. The zero-order valence-electron chi connectivity index (χ0n) is 14.9. The zero-order valence-corrected chi connectivity index (χ0v) is 14.9. The van der Waals surface area contributed by atoms with E-state index in [2.05, 4.69) is 28.9 Å². The van der Waals surface area contributed by atoms with Crippen molar-refractivity contribution in [2.75, 3.05) is 32.7 Å². The lowest BCUT2D eigenvalue weighted by molar-refractivity contribution is -0.133. The summed E-state index contributed by atoms with van der Waals surface area (Å²) in [5.41, 5.74) is 2.28. The molecule has 0 unspecified atom stereocenters. The van der Waals surface area contributed by atoms with Crippen molar-refractivity contribution in [1.82, 2.24) is 9.80 Å². The second-order valence-corrected chi connectivity index (χ2v) is 6.49. The fourth-order valence-electron chi connectivity index (χ4n) is 3.11. The van der Waals surface area contributed by atoms with E-state index in [9.17, 15) is 4.79 Å². The van der Waals surface area contributed by atoms with E-state index in [0.29, 0.717) is 12.2 Å². The van der Waals surface area contributed by atoms with Crippen molar-refractivity contribution in [3.8, 4) is 5.75 Å². The van der Waals surface area contributed by atoms with E-state index in [1.165, 1.54) is 5.56 Å². The molecule has 25 heavy (non-hydrogen) atoms. The summed E-state index contributed by atoms with van der Waals surface area (Å²) in [5.74, 6) is 0.366. The Morgan fingerprint density at radius 1 is 0.880 bits per heavy atom. The molecule has 0 atom stereocenters. The van der Waals surface area contributed by atoms with Crippen molar-refractivity contribution in [3.63, 3.8) is 0 Å². The predicted octanol–water partition coefficient (Wildman–Crippen LogP) is 2.97. The van der Waals surface area contributed by atoms with Gasteiger partial charge in [-0.25, -0.2) is 0 Å². The van der Waals surface area contributed by atoms with Crippen molar-refractivity contribution in [3.05, 3.63) is 65.7 Å². The summed E-state index contributed by atoms with van der Waals surface area (Å²) >= 11 is 0. The van der Waals surface area contributed by atoms with Crippen LogP contribution in [0.1, 0.15) is 18.1 Å². The molecule has 1 fully saturated rings. The standard InChI is InChI=1S/C21H26N2O2/c1-2-22-12-14-23(15-13-22)17-19-10-8-18(9-11-19)16-21(24)25-20-6-4-3-5-7-20/h3-11H,2,12-17H2,1H3. The molecule has 3 rings (SSSR count). The van der Waals surface area contributed by atoms with Crippen molar-refractivity contribution in [2.45, 2.75) is 19.9 Å². The number of nitrogens with zero attached hydrogens (tertiary/aromatic N) is 2. The summed E-state index contributed by atoms with van der Waals surface area (Å²) in [6, 6.07) is 17.5. The number of hydrogen-bond donors (Lipinski definition) is 0. The normalized spacial score (nSPS) is 15.9. The Kier molecular flexibility index (Phi) is 6.20. The van der Waals surface area contributed by atoms with Crippen molar-refractivity contribution in [1.29, 1.82) is 0 Å². The van der Waals surface area contributed by atoms with Gasteiger partial charge in [-0.3, -0.25) is 9.69 Å². The van der Waals surface area contributed by atoms with Crippen molar-refractivity contribution in [2.24, 2.45) is 0 Å². The van der Waals surface area contributed by atoms with Gasteiger partial charge >= 0.3 is 5.97 Å². The average Bonchev–Trinajstić information content (AvgIpc) is 2.65. The van der Waals surface area contributed by atoms with Gasteiger partial charge in [-0.2, -0.15) is 0 Å². The van der Waals surface area contributed by atoms with Gasteiger partial charge in [0.1, 0.15) is 5.75 Å². The van der Waals surface area contributed by atoms with E-state index in [-0.39, 0.29) is 5.97 Å². The smallest absolute Gasteiger partial charge is 0.315 e. The fourth-order valence-corrected chi connectivity index (χ4v) is 3.11. The molecule has 0 spiro atoms. The molecule has 0 bridgehead atoms. The van der Waals surface area contributed by atoms with Gasteiger partial charge in [-0.1, -0.05) is 49.4 Å². The number of rotatable bonds is 6. The average molecular weight is 338 g/mol. The highest BCUT2D eigenvalue weighted by molar-refractivity contribution is 5.75. The van der Waals surface area contributed by atoms with Gasteiger partial charge in [0, 0.05) is 32.7 Å². The van der Waals surface area contributed by atoms with E-state index >= 15 is 0 Å². The van der Waals surface area contributed by atoms with Gasteiger partial charge in [-0.15, -0.1) is 0 Å². The molecule has 4 heteroatoms. The summed E-state index contributed by atoms with van der Waals surface area (Å²) in [6.45, 7) is 8.89. The minimum atomic E-state index is -0.227. The minimum absolute atomic E-state index is 0.227. The van der Waals surface area contributed by atoms with Gasteiger partial charge in [0.05, 0.1) is 6.42 Å². The summed E-state index contributed by atoms with van der Waals surface area (Å²) < 4.78 is 5.34. The molecular weight excluding hydrogens is 312 g/mol. The molecule has 0 aliphatic carbocycles. The van der Waals surface area contributed by atoms with Gasteiger partial charge < -0.3 is 9.64 Å². The highest BCUT2D eigenvalue weighted by atomic mass is 16.5. The van der Waals surface area contributed by atoms with Gasteiger partial charge in [0.2, 0.25) is 0 Å². The Morgan fingerprint density at radius 2 is 1.48 bits per heavy atom. The molecule has 0 amide bonds. The molecule has 132 valence electrons. The van der Waals surface area contributed by atoms with E-state index < -0.39 is 0 Å². The van der Waals surface area contributed by atoms with Crippen LogP contribution in [0.4, 0.5) is 0 Å². The van der Waals surface area contributed by atoms with Crippen molar-refractivity contribution < 1.29 is 9.53 Å². The summed E-state index contributed by atoms with van der Waals surface area (Å²) in [7, 11) is 0.